The van der Waals surface area contributed by atoms with Crippen molar-refractivity contribution in [2.45, 2.75) is 18.9 Å². The Hall–Kier alpha value is -1.52. The first-order chi connectivity index (χ1) is 9.13. The number of anilines is 1. The van der Waals surface area contributed by atoms with Gasteiger partial charge in [0.1, 0.15) is 0 Å². The number of nitrogens with two attached hydrogens (primary N) is 1. The predicted molar refractivity (Wildman–Crippen MR) is 79.0 cm³/mol. The molecule has 0 bridgehead atoms. The molecular formula is C14H13ClN2OS. The molecule has 0 saturated heterocycles. The molecular weight excluding hydrogens is 280 g/mol. The smallest absolute Gasteiger partial charge is 0.248 e. The van der Waals surface area contributed by atoms with Gasteiger partial charge in [-0.2, -0.15) is 0 Å². The number of halogens is 1. The summed E-state index contributed by atoms with van der Waals surface area (Å²) in [6, 6.07) is 9.59. The molecule has 5 heteroatoms. The minimum absolute atomic E-state index is 0.304. The quantitative estimate of drug-likeness (QED) is 0.908. The van der Waals surface area contributed by atoms with Crippen LogP contribution in [0, 0.1) is 0 Å². The normalized spacial score (nSPS) is 17.2. The molecule has 1 aromatic heterocycles. The van der Waals surface area contributed by atoms with Crippen molar-refractivity contribution in [3.63, 3.8) is 0 Å². The minimum atomic E-state index is -0.403. The number of carbonyl (C=O) groups is 1. The Balaban J connectivity index is 1.77. The molecule has 1 aliphatic carbocycles. The molecule has 0 aliphatic heterocycles. The molecule has 19 heavy (non-hydrogen) atoms. The van der Waals surface area contributed by atoms with Crippen LogP contribution < -0.4 is 11.1 Å². The Bertz CT molecular complexity index is 621. The lowest BCUT2D eigenvalue weighted by Crippen LogP contribution is -2.11. The number of hydrogen-bond acceptors (Lipinski definition) is 3. The fourth-order valence-corrected chi connectivity index (χ4v) is 3.77. The zero-order chi connectivity index (χ0) is 13.4. The van der Waals surface area contributed by atoms with E-state index in [0.717, 1.165) is 22.9 Å². The number of aryl methyl sites for hydroxylation is 1. The van der Waals surface area contributed by atoms with Crippen LogP contribution >= 0.6 is 22.9 Å². The number of primary amides is 1. The zero-order valence-corrected chi connectivity index (χ0v) is 11.7. The van der Waals surface area contributed by atoms with E-state index < -0.39 is 5.91 Å². The third-order valence-corrected chi connectivity index (χ3v) is 4.70. The molecule has 1 unspecified atom stereocenters. The number of nitrogens with one attached hydrogen (secondary N) is 1. The van der Waals surface area contributed by atoms with Gasteiger partial charge in [0, 0.05) is 16.1 Å². The van der Waals surface area contributed by atoms with E-state index in [0.29, 0.717) is 11.6 Å². The number of thiophene rings is 1. The molecule has 1 aliphatic rings. The second kappa shape index (κ2) is 4.87. The SMILES string of the molecule is NC(=O)c1ccc(NC2CCc3sc(Cl)cc32)cc1. The van der Waals surface area contributed by atoms with Crippen molar-refractivity contribution in [1.29, 1.82) is 0 Å². The number of benzene rings is 1. The third kappa shape index (κ3) is 2.46. The van der Waals surface area contributed by atoms with E-state index in [2.05, 4.69) is 5.32 Å². The molecule has 0 saturated carbocycles. The molecule has 0 radical (unpaired) electrons. The summed E-state index contributed by atoms with van der Waals surface area (Å²) >= 11 is 7.70. The first kappa shape index (κ1) is 12.5. The summed E-state index contributed by atoms with van der Waals surface area (Å²) in [4.78, 5) is 12.4. The largest absolute Gasteiger partial charge is 0.378 e. The summed E-state index contributed by atoms with van der Waals surface area (Å²) in [7, 11) is 0. The van der Waals surface area contributed by atoms with E-state index in [1.807, 2.05) is 18.2 Å². The van der Waals surface area contributed by atoms with Gasteiger partial charge in [0.05, 0.1) is 10.4 Å². The van der Waals surface area contributed by atoms with Gasteiger partial charge < -0.3 is 11.1 Å². The highest BCUT2D eigenvalue weighted by atomic mass is 35.5. The summed E-state index contributed by atoms with van der Waals surface area (Å²) < 4.78 is 0.848. The number of amides is 1. The molecule has 0 fully saturated rings. The van der Waals surface area contributed by atoms with Crippen LogP contribution in [-0.2, 0) is 6.42 Å². The topological polar surface area (TPSA) is 55.1 Å². The second-order valence-corrected chi connectivity index (χ2v) is 6.37. The van der Waals surface area contributed by atoms with Crippen LogP contribution in [0.5, 0.6) is 0 Å². The van der Waals surface area contributed by atoms with E-state index in [9.17, 15) is 4.79 Å². The first-order valence-electron chi connectivity index (χ1n) is 6.08. The number of rotatable bonds is 3. The van der Waals surface area contributed by atoms with Gasteiger partial charge in [-0.1, -0.05) is 11.6 Å². The highest BCUT2D eigenvalue weighted by Gasteiger charge is 2.24. The van der Waals surface area contributed by atoms with E-state index in [-0.39, 0.29) is 0 Å². The van der Waals surface area contributed by atoms with Gasteiger partial charge in [-0.05, 0) is 48.7 Å². The molecule has 1 amide bonds. The fourth-order valence-electron chi connectivity index (χ4n) is 2.41. The van der Waals surface area contributed by atoms with Gasteiger partial charge in [0.15, 0.2) is 0 Å². The minimum Gasteiger partial charge on any atom is -0.378 e. The molecule has 1 heterocycles. The van der Waals surface area contributed by atoms with Gasteiger partial charge in [-0.15, -0.1) is 11.3 Å². The molecule has 3 N–H and O–H groups in total. The Labute approximate surface area is 120 Å². The fraction of sp³-hybridized carbons (Fsp3) is 0.214. The lowest BCUT2D eigenvalue weighted by molar-refractivity contribution is 0.100. The van der Waals surface area contributed by atoms with Crippen LogP contribution in [0.15, 0.2) is 30.3 Å². The molecule has 3 nitrogen and oxygen atoms in total. The average molecular weight is 293 g/mol. The molecule has 2 aromatic rings. The molecule has 1 aromatic carbocycles. The highest BCUT2D eigenvalue weighted by Crippen LogP contribution is 2.40. The van der Waals surface area contributed by atoms with Gasteiger partial charge in [0.25, 0.3) is 0 Å². The average Bonchev–Trinajstić information content (AvgIpc) is 2.91. The van der Waals surface area contributed by atoms with Crippen molar-refractivity contribution in [3.8, 4) is 0 Å². The van der Waals surface area contributed by atoms with Gasteiger partial charge in [0.2, 0.25) is 5.91 Å². The van der Waals surface area contributed by atoms with Crippen LogP contribution in [0.4, 0.5) is 5.69 Å². The third-order valence-electron chi connectivity index (χ3n) is 3.36. The summed E-state index contributed by atoms with van der Waals surface area (Å²) in [5.41, 5.74) is 8.04. The van der Waals surface area contributed by atoms with Crippen molar-refractivity contribution < 1.29 is 4.79 Å². The van der Waals surface area contributed by atoms with Gasteiger partial charge >= 0.3 is 0 Å². The maximum absolute atomic E-state index is 11.0. The highest BCUT2D eigenvalue weighted by molar-refractivity contribution is 7.16. The van der Waals surface area contributed by atoms with Crippen molar-refractivity contribution in [3.05, 3.63) is 50.7 Å². The summed E-state index contributed by atoms with van der Waals surface area (Å²) in [5, 5.41) is 3.47. The van der Waals surface area contributed by atoms with Gasteiger partial charge in [-0.25, -0.2) is 0 Å². The molecule has 98 valence electrons. The monoisotopic (exact) mass is 292 g/mol. The second-order valence-electron chi connectivity index (χ2n) is 4.61. The lowest BCUT2D eigenvalue weighted by atomic mass is 10.1. The summed E-state index contributed by atoms with van der Waals surface area (Å²) in [5.74, 6) is -0.403. The van der Waals surface area contributed by atoms with Crippen molar-refractivity contribution in [1.82, 2.24) is 0 Å². The summed E-state index contributed by atoms with van der Waals surface area (Å²) in [6.45, 7) is 0. The molecule has 0 spiro atoms. The first-order valence-corrected chi connectivity index (χ1v) is 7.27. The Morgan fingerprint density at radius 2 is 2.11 bits per heavy atom. The number of fused-ring (bicyclic) bond motifs is 1. The standard InChI is InChI=1S/C14H13ClN2OS/c15-13-7-10-11(5-6-12(10)19-13)17-9-3-1-8(2-4-9)14(16)18/h1-4,7,11,17H,5-6H2,(H2,16,18). The van der Waals surface area contributed by atoms with Crippen molar-refractivity contribution in [2.75, 3.05) is 5.32 Å². The Morgan fingerprint density at radius 1 is 1.37 bits per heavy atom. The molecule has 1 atom stereocenters. The number of hydrogen-bond donors (Lipinski definition) is 2. The Kier molecular flexibility index (Phi) is 3.21. The lowest BCUT2D eigenvalue weighted by Gasteiger charge is -2.14. The van der Waals surface area contributed by atoms with Crippen LogP contribution in [0.2, 0.25) is 4.34 Å². The van der Waals surface area contributed by atoms with Crippen LogP contribution in [0.3, 0.4) is 0 Å². The Morgan fingerprint density at radius 3 is 2.79 bits per heavy atom. The predicted octanol–water partition coefficient (Wildman–Crippen LogP) is 3.60. The maximum atomic E-state index is 11.0. The number of carbonyl (C=O) groups excluding carboxylic acids is 1. The van der Waals surface area contributed by atoms with Crippen molar-refractivity contribution in [2.24, 2.45) is 5.73 Å². The van der Waals surface area contributed by atoms with Crippen molar-refractivity contribution >= 4 is 34.5 Å². The van der Waals surface area contributed by atoms with E-state index in [4.69, 9.17) is 17.3 Å². The summed E-state index contributed by atoms with van der Waals surface area (Å²) in [6.07, 6.45) is 2.15. The van der Waals surface area contributed by atoms with Crippen LogP contribution in [0.25, 0.3) is 0 Å². The van der Waals surface area contributed by atoms with Crippen LogP contribution in [0.1, 0.15) is 33.3 Å². The van der Waals surface area contributed by atoms with Crippen LogP contribution in [-0.4, -0.2) is 5.91 Å². The maximum Gasteiger partial charge on any atom is 0.248 e. The van der Waals surface area contributed by atoms with E-state index >= 15 is 0 Å². The van der Waals surface area contributed by atoms with E-state index in [1.54, 1.807) is 23.5 Å². The van der Waals surface area contributed by atoms with E-state index in [1.165, 1.54) is 10.4 Å². The van der Waals surface area contributed by atoms with Gasteiger partial charge in [-0.3, -0.25) is 4.79 Å². The zero-order valence-electron chi connectivity index (χ0n) is 10.2. The molecule has 3 rings (SSSR count).